The van der Waals surface area contributed by atoms with Crippen LogP contribution >= 0.6 is 12.2 Å². The fraction of sp³-hybridized carbons (Fsp3) is 0.300. The molecule has 0 aliphatic carbocycles. The van der Waals surface area contributed by atoms with Gasteiger partial charge < -0.3 is 10.5 Å². The zero-order valence-corrected chi connectivity index (χ0v) is 9.46. The van der Waals surface area contributed by atoms with E-state index < -0.39 is 0 Å². The van der Waals surface area contributed by atoms with Crippen molar-refractivity contribution in [3.05, 3.63) is 29.8 Å². The standard InChI is InChI=1S/C10H15N3OS/c1-2-14-9-5-3-4-8(6-9)7-13(12)10(11)15/h3-6H,2,7,12H2,1H3,(H2,11,15). The quantitative estimate of drug-likeness (QED) is 0.455. The van der Waals surface area contributed by atoms with Gasteiger partial charge in [-0.25, -0.2) is 5.84 Å². The van der Waals surface area contributed by atoms with Gasteiger partial charge in [0.2, 0.25) is 0 Å². The smallest absolute Gasteiger partial charge is 0.180 e. The molecule has 0 atom stereocenters. The summed E-state index contributed by atoms with van der Waals surface area (Å²) in [7, 11) is 0. The third-order valence-electron chi connectivity index (χ3n) is 1.85. The predicted octanol–water partition coefficient (Wildman–Crippen LogP) is 1.00. The van der Waals surface area contributed by atoms with E-state index in [0.29, 0.717) is 13.2 Å². The van der Waals surface area contributed by atoms with Crippen molar-refractivity contribution in [2.24, 2.45) is 11.6 Å². The summed E-state index contributed by atoms with van der Waals surface area (Å²) in [5.74, 6) is 6.42. The number of nitrogens with zero attached hydrogens (tertiary/aromatic N) is 1. The normalized spacial score (nSPS) is 9.73. The molecule has 0 fully saturated rings. The molecule has 0 unspecified atom stereocenters. The Morgan fingerprint density at radius 3 is 2.87 bits per heavy atom. The molecule has 0 bridgehead atoms. The lowest BCUT2D eigenvalue weighted by atomic mass is 10.2. The fourth-order valence-corrected chi connectivity index (χ4v) is 1.24. The lowest BCUT2D eigenvalue weighted by Gasteiger charge is -2.16. The van der Waals surface area contributed by atoms with Crippen molar-refractivity contribution >= 4 is 17.3 Å². The number of thiocarbonyl (C=S) groups is 1. The molecule has 0 amide bonds. The van der Waals surface area contributed by atoms with Crippen molar-refractivity contribution in [2.45, 2.75) is 13.5 Å². The molecule has 82 valence electrons. The Bertz CT molecular complexity index is 343. The molecule has 1 aromatic carbocycles. The Labute approximate surface area is 94.8 Å². The summed E-state index contributed by atoms with van der Waals surface area (Å²) >= 11 is 4.75. The topological polar surface area (TPSA) is 64.5 Å². The van der Waals surface area contributed by atoms with Gasteiger partial charge in [-0.1, -0.05) is 12.1 Å². The highest BCUT2D eigenvalue weighted by molar-refractivity contribution is 7.80. The van der Waals surface area contributed by atoms with E-state index in [0.717, 1.165) is 11.3 Å². The molecule has 0 spiro atoms. The zero-order valence-electron chi connectivity index (χ0n) is 8.64. The van der Waals surface area contributed by atoms with Gasteiger partial charge in [-0.3, -0.25) is 5.01 Å². The summed E-state index contributed by atoms with van der Waals surface area (Å²) in [5.41, 5.74) is 6.39. The summed E-state index contributed by atoms with van der Waals surface area (Å²) in [4.78, 5) is 0. The first kappa shape index (κ1) is 11.7. The summed E-state index contributed by atoms with van der Waals surface area (Å²) < 4.78 is 5.37. The van der Waals surface area contributed by atoms with Gasteiger partial charge >= 0.3 is 0 Å². The first-order chi connectivity index (χ1) is 7.13. The van der Waals surface area contributed by atoms with Gasteiger partial charge in [0.15, 0.2) is 5.11 Å². The van der Waals surface area contributed by atoms with Crippen LogP contribution in [0.4, 0.5) is 0 Å². The highest BCUT2D eigenvalue weighted by atomic mass is 32.1. The Hall–Kier alpha value is -1.33. The van der Waals surface area contributed by atoms with E-state index in [2.05, 4.69) is 0 Å². The molecule has 1 aromatic rings. The van der Waals surface area contributed by atoms with Gasteiger partial charge in [-0.2, -0.15) is 0 Å². The number of ether oxygens (including phenoxy) is 1. The minimum atomic E-state index is 0.178. The molecular formula is C10H15N3OS. The molecule has 0 heterocycles. The second-order valence-electron chi connectivity index (χ2n) is 3.05. The molecule has 0 aliphatic rings. The molecule has 0 aliphatic heterocycles. The molecule has 0 aromatic heterocycles. The van der Waals surface area contributed by atoms with Crippen LogP contribution in [0.2, 0.25) is 0 Å². The van der Waals surface area contributed by atoms with Crippen molar-refractivity contribution < 1.29 is 4.74 Å². The molecular weight excluding hydrogens is 210 g/mol. The van der Waals surface area contributed by atoms with E-state index in [1.807, 2.05) is 31.2 Å². The predicted molar refractivity (Wildman–Crippen MR) is 64.1 cm³/mol. The summed E-state index contributed by atoms with van der Waals surface area (Å²) in [6.45, 7) is 3.07. The van der Waals surface area contributed by atoms with Crippen LogP contribution in [0.3, 0.4) is 0 Å². The number of hydrazine groups is 1. The first-order valence-corrected chi connectivity index (χ1v) is 5.07. The van der Waals surface area contributed by atoms with Gasteiger partial charge in [0.05, 0.1) is 13.2 Å². The van der Waals surface area contributed by atoms with Crippen LogP contribution in [0, 0.1) is 0 Å². The summed E-state index contributed by atoms with van der Waals surface area (Å²) in [6.07, 6.45) is 0. The molecule has 5 heteroatoms. The van der Waals surface area contributed by atoms with Crippen LogP contribution in [-0.2, 0) is 6.54 Å². The number of hydrogen-bond acceptors (Lipinski definition) is 3. The Morgan fingerprint density at radius 2 is 2.27 bits per heavy atom. The number of benzene rings is 1. The number of hydrogen-bond donors (Lipinski definition) is 2. The average Bonchev–Trinajstić information content (AvgIpc) is 2.18. The SMILES string of the molecule is CCOc1cccc(CN(N)C(N)=S)c1. The van der Waals surface area contributed by atoms with Crippen molar-refractivity contribution in [3.8, 4) is 5.75 Å². The van der Waals surface area contributed by atoms with Crippen LogP contribution in [-0.4, -0.2) is 16.7 Å². The number of rotatable bonds is 4. The van der Waals surface area contributed by atoms with Crippen LogP contribution in [0.5, 0.6) is 5.75 Å². The van der Waals surface area contributed by atoms with Gasteiger partial charge in [0.1, 0.15) is 5.75 Å². The van der Waals surface area contributed by atoms with Crippen molar-refractivity contribution in [1.29, 1.82) is 0 Å². The van der Waals surface area contributed by atoms with Gasteiger partial charge in [-0.05, 0) is 36.8 Å². The Balaban J connectivity index is 2.68. The molecule has 4 N–H and O–H groups in total. The summed E-state index contributed by atoms with van der Waals surface area (Å²) in [5, 5.41) is 1.50. The second-order valence-corrected chi connectivity index (χ2v) is 3.46. The van der Waals surface area contributed by atoms with Gasteiger partial charge in [-0.15, -0.1) is 0 Å². The number of nitrogens with two attached hydrogens (primary N) is 2. The molecule has 1 rings (SSSR count). The van der Waals surface area contributed by atoms with E-state index in [9.17, 15) is 0 Å². The highest BCUT2D eigenvalue weighted by Gasteiger charge is 2.02. The van der Waals surface area contributed by atoms with E-state index >= 15 is 0 Å². The minimum Gasteiger partial charge on any atom is -0.494 e. The Morgan fingerprint density at radius 1 is 1.53 bits per heavy atom. The largest absolute Gasteiger partial charge is 0.494 e. The molecule has 0 saturated carbocycles. The first-order valence-electron chi connectivity index (χ1n) is 4.67. The Kier molecular flexibility index (Phi) is 4.33. The second kappa shape index (κ2) is 5.53. The zero-order chi connectivity index (χ0) is 11.3. The maximum atomic E-state index is 5.60. The molecule has 4 nitrogen and oxygen atoms in total. The molecule has 15 heavy (non-hydrogen) atoms. The maximum absolute atomic E-state index is 5.60. The fourth-order valence-electron chi connectivity index (χ4n) is 1.17. The third-order valence-corrected chi connectivity index (χ3v) is 2.08. The van der Waals surface area contributed by atoms with Crippen LogP contribution in [0.15, 0.2) is 24.3 Å². The lowest BCUT2D eigenvalue weighted by molar-refractivity contribution is 0.339. The minimum absolute atomic E-state index is 0.178. The lowest BCUT2D eigenvalue weighted by Crippen LogP contribution is -2.40. The molecule has 0 saturated heterocycles. The monoisotopic (exact) mass is 225 g/mol. The van der Waals surface area contributed by atoms with Crippen LogP contribution in [0.25, 0.3) is 0 Å². The summed E-state index contributed by atoms with van der Waals surface area (Å²) in [6, 6.07) is 7.67. The van der Waals surface area contributed by atoms with Crippen molar-refractivity contribution in [3.63, 3.8) is 0 Å². The van der Waals surface area contributed by atoms with Crippen molar-refractivity contribution in [2.75, 3.05) is 6.61 Å². The average molecular weight is 225 g/mol. The van der Waals surface area contributed by atoms with E-state index in [-0.39, 0.29) is 5.11 Å². The van der Waals surface area contributed by atoms with Crippen molar-refractivity contribution in [1.82, 2.24) is 5.01 Å². The van der Waals surface area contributed by atoms with E-state index in [1.165, 1.54) is 5.01 Å². The van der Waals surface area contributed by atoms with Crippen LogP contribution < -0.4 is 16.3 Å². The molecule has 0 radical (unpaired) electrons. The van der Waals surface area contributed by atoms with Crippen LogP contribution in [0.1, 0.15) is 12.5 Å². The van der Waals surface area contributed by atoms with Gasteiger partial charge in [0.25, 0.3) is 0 Å². The van der Waals surface area contributed by atoms with E-state index in [4.69, 9.17) is 28.5 Å². The third kappa shape index (κ3) is 3.73. The highest BCUT2D eigenvalue weighted by Crippen LogP contribution is 2.13. The van der Waals surface area contributed by atoms with E-state index in [1.54, 1.807) is 0 Å². The maximum Gasteiger partial charge on any atom is 0.180 e. The van der Waals surface area contributed by atoms with Gasteiger partial charge in [0, 0.05) is 0 Å².